The van der Waals surface area contributed by atoms with Gasteiger partial charge in [0.15, 0.2) is 0 Å². The zero-order chi connectivity index (χ0) is 13.1. The number of hydrogen-bond donors (Lipinski definition) is 0. The van der Waals surface area contributed by atoms with Gasteiger partial charge in [0.1, 0.15) is 0 Å². The summed E-state index contributed by atoms with van der Waals surface area (Å²) in [5, 5.41) is 0. The molecule has 2 rings (SSSR count). The molecule has 0 amide bonds. The van der Waals surface area contributed by atoms with Crippen molar-refractivity contribution in [3.8, 4) is 0 Å². The summed E-state index contributed by atoms with van der Waals surface area (Å²) >= 11 is 1.31. The quantitative estimate of drug-likeness (QED) is 0.421. The second kappa shape index (κ2) is 16.4. The number of Topliss-reactive ketones (excluding diaryl/α,β-unsaturated/α-hetero) is 1. The third-order valence-corrected chi connectivity index (χ3v) is 2.16. The van der Waals surface area contributed by atoms with Crippen molar-refractivity contribution in [1.82, 2.24) is 4.37 Å². The Morgan fingerprint density at radius 3 is 1.89 bits per heavy atom. The molecule has 0 unspecified atom stereocenters. The maximum atomic E-state index is 10.6. The molecule has 0 spiro atoms. The predicted molar refractivity (Wildman–Crippen MR) is 72.3 cm³/mol. The van der Waals surface area contributed by atoms with Gasteiger partial charge in [-0.3, -0.25) is 0 Å². The average molecular weight is 520 g/mol. The molecule has 0 aliphatic rings. The Balaban J connectivity index is -0.000000227. The third kappa shape index (κ3) is 13.1. The number of nitrogens with zero attached hydrogens (tertiary/aromatic N) is 1. The fourth-order valence-corrected chi connectivity index (χ4v) is 1.37. The topological polar surface area (TPSA) is 30.0 Å². The molecular formula is C14H17NOSWY-2. The monoisotopic (exact) mass is 520 g/mol. The smallest absolute Gasteiger partial charge is 0.0233 e. The zero-order valence-corrected chi connectivity index (χ0v) is 18.2. The maximum Gasteiger partial charge on any atom is 0.0233 e. The van der Waals surface area contributed by atoms with E-state index in [9.17, 15) is 4.79 Å². The molecule has 19 heavy (non-hydrogen) atoms. The zero-order valence-electron chi connectivity index (χ0n) is 11.6. The van der Waals surface area contributed by atoms with Crippen LogP contribution in [0.5, 0.6) is 0 Å². The molecule has 0 N–H and O–H groups in total. The predicted octanol–water partition coefficient (Wildman–Crippen LogP) is 3.96. The molecule has 0 atom stereocenters. The van der Waals surface area contributed by atoms with Gasteiger partial charge in [-0.25, -0.2) is 10.4 Å². The second-order valence-electron chi connectivity index (χ2n) is 2.85. The van der Waals surface area contributed by atoms with E-state index in [2.05, 4.69) is 16.5 Å². The molecule has 1 aromatic carbocycles. The van der Waals surface area contributed by atoms with Gasteiger partial charge < -0.3 is 4.79 Å². The number of benzene rings is 1. The van der Waals surface area contributed by atoms with Gasteiger partial charge in [-0.05, 0) is 6.92 Å². The Hall–Kier alpha value is 0.312. The van der Waals surface area contributed by atoms with Gasteiger partial charge in [0.05, 0.1) is 0 Å². The number of carbonyl (C=O) groups is 1. The van der Waals surface area contributed by atoms with Crippen LogP contribution >= 0.6 is 11.5 Å². The van der Waals surface area contributed by atoms with Crippen LogP contribution in [-0.2, 0) is 53.8 Å². The number of aromatic nitrogens is 1. The fourth-order valence-electron chi connectivity index (χ4n) is 0.821. The van der Waals surface area contributed by atoms with Crippen LogP contribution in [0.1, 0.15) is 36.1 Å². The number of hydrogen-bond acceptors (Lipinski definition) is 3. The molecule has 101 valence electrons. The summed E-state index contributed by atoms with van der Waals surface area (Å²) in [6.45, 7) is 7.37. The van der Waals surface area contributed by atoms with Crippen molar-refractivity contribution < 1.29 is 58.6 Å². The summed E-state index contributed by atoms with van der Waals surface area (Å²) in [7, 11) is 0. The number of aryl methyl sites for hydroxylation is 1. The molecule has 0 aliphatic heterocycles. The van der Waals surface area contributed by atoms with Crippen molar-refractivity contribution >= 4 is 17.3 Å². The van der Waals surface area contributed by atoms with Crippen LogP contribution in [-0.4, -0.2) is 10.2 Å². The number of rotatable bonds is 1. The molecule has 2 aromatic rings. The van der Waals surface area contributed by atoms with Crippen molar-refractivity contribution in [3.63, 3.8) is 0 Å². The first-order chi connectivity index (χ1) is 8.20. The minimum absolute atomic E-state index is 0. The van der Waals surface area contributed by atoms with E-state index >= 15 is 0 Å². The first-order valence-electron chi connectivity index (χ1n) is 5.48. The van der Waals surface area contributed by atoms with E-state index in [4.69, 9.17) is 0 Å². The van der Waals surface area contributed by atoms with E-state index in [0.29, 0.717) is 5.69 Å². The van der Waals surface area contributed by atoms with Crippen molar-refractivity contribution in [2.24, 2.45) is 0 Å². The van der Waals surface area contributed by atoms with Gasteiger partial charge in [0.2, 0.25) is 0 Å². The Bertz CT molecular complexity index is 394. The first-order valence-corrected chi connectivity index (χ1v) is 6.25. The molecule has 0 fully saturated rings. The van der Waals surface area contributed by atoms with Gasteiger partial charge >= 0.3 is 0 Å². The Labute approximate surface area is 159 Å². The van der Waals surface area contributed by atoms with E-state index in [-0.39, 0.29) is 59.6 Å². The minimum atomic E-state index is -0.0145. The molecule has 0 saturated carbocycles. The second-order valence-corrected chi connectivity index (χ2v) is 3.82. The Morgan fingerprint density at radius 2 is 1.74 bits per heavy atom. The summed E-state index contributed by atoms with van der Waals surface area (Å²) in [6.07, 6.45) is 0. The van der Waals surface area contributed by atoms with E-state index < -0.39 is 0 Å². The standard InChI is InChI=1S/C6H6NOS.C6H5.C2H6.W.Y/c1-4-3-6(5(2)8)7-9-4;1-2-4-6-5-3-1;1-2;;/h1-2H3;1-5H;1-2H3;;/q2*-1;;;. The van der Waals surface area contributed by atoms with Gasteiger partial charge in [-0.15, -0.1) is 0 Å². The van der Waals surface area contributed by atoms with Gasteiger partial charge in [0, 0.05) is 59.6 Å². The largest absolute Gasteiger partial charge is 0.405 e. The first kappa shape index (κ1) is 24.3. The summed E-state index contributed by atoms with van der Waals surface area (Å²) in [5.41, 5.74) is 0.456. The van der Waals surface area contributed by atoms with E-state index in [1.54, 1.807) is 0 Å². The molecule has 0 aliphatic carbocycles. The number of carbonyl (C=O) groups excluding carboxylic acids is 1. The van der Waals surface area contributed by atoms with Gasteiger partial charge in [-0.1, -0.05) is 42.9 Å². The van der Waals surface area contributed by atoms with E-state index in [0.717, 1.165) is 4.88 Å². The van der Waals surface area contributed by atoms with Gasteiger partial charge in [-0.2, -0.15) is 36.4 Å². The van der Waals surface area contributed by atoms with Crippen molar-refractivity contribution in [2.45, 2.75) is 27.7 Å². The molecule has 0 bridgehead atoms. The van der Waals surface area contributed by atoms with Crippen molar-refractivity contribution in [3.05, 3.63) is 53.0 Å². The van der Waals surface area contributed by atoms with Crippen LogP contribution in [0.2, 0.25) is 0 Å². The third-order valence-electron chi connectivity index (χ3n) is 1.51. The molecule has 1 aromatic heterocycles. The van der Waals surface area contributed by atoms with Crippen LogP contribution in [0.4, 0.5) is 0 Å². The Kier molecular flexibility index (Phi) is 21.0. The fraction of sp³-hybridized carbons (Fsp3) is 0.286. The maximum absolute atomic E-state index is 10.6. The van der Waals surface area contributed by atoms with Crippen LogP contribution in [0.3, 0.4) is 0 Å². The van der Waals surface area contributed by atoms with Crippen molar-refractivity contribution in [1.29, 1.82) is 0 Å². The van der Waals surface area contributed by atoms with Crippen LogP contribution in [0.15, 0.2) is 30.3 Å². The Morgan fingerprint density at radius 1 is 1.21 bits per heavy atom. The van der Waals surface area contributed by atoms with Crippen LogP contribution < -0.4 is 0 Å². The summed E-state index contributed by atoms with van der Waals surface area (Å²) in [6, 6.07) is 15.3. The van der Waals surface area contributed by atoms with E-state index in [1.165, 1.54) is 18.5 Å². The molecular weight excluding hydrogens is 503 g/mol. The van der Waals surface area contributed by atoms with Crippen LogP contribution in [0.25, 0.3) is 0 Å². The molecule has 0 saturated heterocycles. The average Bonchev–Trinajstić information content (AvgIpc) is 2.82. The SMILES string of the molecule is CC.CC(=O)c1[c-]c(C)sn1.[W].[Y].[c-]1ccccc1. The summed E-state index contributed by atoms with van der Waals surface area (Å²) < 4.78 is 3.85. The molecule has 1 radical (unpaired) electrons. The molecule has 1 heterocycles. The number of ketones is 1. The molecule has 5 heteroatoms. The summed E-state index contributed by atoms with van der Waals surface area (Å²) in [4.78, 5) is 11.5. The van der Waals surface area contributed by atoms with Crippen molar-refractivity contribution in [2.75, 3.05) is 0 Å². The summed E-state index contributed by atoms with van der Waals surface area (Å²) in [5.74, 6) is -0.0145. The van der Waals surface area contributed by atoms with Crippen LogP contribution in [0, 0.1) is 19.1 Å². The van der Waals surface area contributed by atoms with Gasteiger partial charge in [0.25, 0.3) is 0 Å². The molecule has 2 nitrogen and oxygen atoms in total. The minimum Gasteiger partial charge on any atom is -0.405 e. The normalized spacial score (nSPS) is 7.37. The van der Waals surface area contributed by atoms with E-state index in [1.807, 2.05) is 51.1 Å².